The van der Waals surface area contributed by atoms with Crippen LogP contribution in [0.4, 0.5) is 23.2 Å². The van der Waals surface area contributed by atoms with Crippen LogP contribution in [-0.2, 0) is 17.5 Å². The molecule has 1 aromatic carbocycles. The number of aromatic nitrogens is 2. The number of ether oxygens (including phenoxy) is 1. The molecule has 33 heavy (non-hydrogen) atoms. The first-order valence-electron chi connectivity index (χ1n) is 9.39. The number of benzene rings is 1. The summed E-state index contributed by atoms with van der Waals surface area (Å²) < 4.78 is 73.7. The maximum Gasteiger partial charge on any atom is 0.433 e. The first-order chi connectivity index (χ1) is 15.5. The van der Waals surface area contributed by atoms with Crippen LogP contribution in [0.15, 0.2) is 47.5 Å². The molecular formula is C21H18F4N4O3S. The van der Waals surface area contributed by atoms with Gasteiger partial charge in [0, 0.05) is 18.8 Å². The molecule has 12 heteroatoms. The Morgan fingerprint density at radius 2 is 1.88 bits per heavy atom. The molecule has 2 aromatic heterocycles. The van der Waals surface area contributed by atoms with Crippen molar-refractivity contribution >= 4 is 23.0 Å². The summed E-state index contributed by atoms with van der Waals surface area (Å²) in [5, 5.41) is 2.50. The molecule has 0 aliphatic heterocycles. The van der Waals surface area contributed by atoms with Crippen LogP contribution in [0.25, 0.3) is 0 Å². The van der Waals surface area contributed by atoms with Gasteiger partial charge in [-0.1, -0.05) is 6.07 Å². The Kier molecular flexibility index (Phi) is 7.20. The van der Waals surface area contributed by atoms with Crippen LogP contribution < -0.4 is 14.8 Å². The number of nitrogens with zero attached hydrogens (tertiary/aromatic N) is 2. The van der Waals surface area contributed by atoms with E-state index in [2.05, 4.69) is 20.0 Å². The van der Waals surface area contributed by atoms with E-state index in [-0.39, 0.29) is 22.9 Å². The zero-order valence-corrected chi connectivity index (χ0v) is 18.4. The second kappa shape index (κ2) is 9.73. The van der Waals surface area contributed by atoms with Gasteiger partial charge in [0.25, 0.3) is 5.91 Å². The second-order valence-corrected chi connectivity index (χ2v) is 8.16. The molecule has 0 saturated carbocycles. The normalized spacial score (nSPS) is 12.4. The molecule has 1 atom stereocenters. The van der Waals surface area contributed by atoms with Gasteiger partial charge in [0.05, 0.1) is 28.8 Å². The van der Waals surface area contributed by atoms with Gasteiger partial charge in [-0.3, -0.25) is 4.79 Å². The highest BCUT2D eigenvalue weighted by Gasteiger charge is 2.37. The predicted octanol–water partition coefficient (Wildman–Crippen LogP) is 4.54. The molecule has 1 unspecified atom stereocenters. The summed E-state index contributed by atoms with van der Waals surface area (Å²) in [6.07, 6.45) is -4.03. The van der Waals surface area contributed by atoms with Gasteiger partial charge in [-0.05, 0) is 43.7 Å². The van der Waals surface area contributed by atoms with Gasteiger partial charge in [-0.2, -0.15) is 17.6 Å². The van der Waals surface area contributed by atoms with Gasteiger partial charge in [0.15, 0.2) is 10.6 Å². The summed E-state index contributed by atoms with van der Waals surface area (Å²) in [4.78, 5) is 20.4. The summed E-state index contributed by atoms with van der Waals surface area (Å²) in [5.74, 6) is -1.91. The van der Waals surface area contributed by atoms with Crippen molar-refractivity contribution in [3.8, 4) is 11.5 Å². The van der Waals surface area contributed by atoms with Gasteiger partial charge in [-0.25, -0.2) is 9.97 Å². The molecule has 0 radical (unpaired) electrons. The van der Waals surface area contributed by atoms with Gasteiger partial charge in [0.1, 0.15) is 11.4 Å². The van der Waals surface area contributed by atoms with Crippen molar-refractivity contribution in [3.63, 3.8) is 0 Å². The minimum absolute atomic E-state index is 0.0397. The van der Waals surface area contributed by atoms with E-state index >= 15 is 0 Å². The van der Waals surface area contributed by atoms with Crippen molar-refractivity contribution in [2.24, 2.45) is 0 Å². The second-order valence-electron chi connectivity index (χ2n) is 6.74. The molecule has 2 heterocycles. The molecule has 0 saturated heterocycles. The molecule has 2 N–H and O–H groups in total. The topological polar surface area (TPSA) is 99.2 Å². The van der Waals surface area contributed by atoms with Gasteiger partial charge in [0.2, 0.25) is 5.95 Å². The lowest BCUT2D eigenvalue weighted by Crippen LogP contribution is -2.21. The van der Waals surface area contributed by atoms with Crippen molar-refractivity contribution < 1.29 is 31.6 Å². The lowest BCUT2D eigenvalue weighted by atomic mass is 10.1. The largest absolute Gasteiger partial charge is 0.593 e. The van der Waals surface area contributed by atoms with E-state index in [1.807, 2.05) is 0 Å². The first kappa shape index (κ1) is 24.4. The van der Waals surface area contributed by atoms with Crippen LogP contribution in [0.3, 0.4) is 0 Å². The quantitative estimate of drug-likeness (QED) is 0.304. The zero-order chi connectivity index (χ0) is 24.3. The Hall–Kier alpha value is -3.22. The number of hydrogen-bond acceptors (Lipinski definition) is 6. The third kappa shape index (κ3) is 5.59. The average Bonchev–Trinajstić information content (AvgIpc) is 2.74. The van der Waals surface area contributed by atoms with Crippen LogP contribution in [0.1, 0.15) is 27.3 Å². The number of halogens is 4. The lowest BCUT2D eigenvalue weighted by molar-refractivity contribution is -0.141. The third-order valence-corrected chi connectivity index (χ3v) is 5.55. The van der Waals surface area contributed by atoms with Crippen LogP contribution >= 0.6 is 0 Å². The fourth-order valence-electron chi connectivity index (χ4n) is 2.98. The van der Waals surface area contributed by atoms with Gasteiger partial charge >= 0.3 is 6.18 Å². The van der Waals surface area contributed by atoms with Crippen molar-refractivity contribution in [1.82, 2.24) is 14.7 Å². The number of hydrogen-bond donors (Lipinski definition) is 2. The molecule has 0 spiro atoms. The van der Waals surface area contributed by atoms with E-state index in [0.717, 1.165) is 19.2 Å². The number of anilines is 1. The number of pyridine rings is 2. The molecule has 0 fully saturated rings. The van der Waals surface area contributed by atoms with E-state index in [1.165, 1.54) is 38.2 Å². The molecule has 0 aliphatic rings. The van der Waals surface area contributed by atoms with E-state index in [4.69, 9.17) is 4.74 Å². The number of nitrogens with one attached hydrogen (secondary N) is 2. The van der Waals surface area contributed by atoms with Gasteiger partial charge in [-0.15, -0.1) is 4.72 Å². The summed E-state index contributed by atoms with van der Waals surface area (Å²) in [6, 6.07) is 8.25. The Morgan fingerprint density at radius 3 is 2.52 bits per heavy atom. The van der Waals surface area contributed by atoms with E-state index in [1.54, 1.807) is 6.07 Å². The number of alkyl halides is 3. The fraction of sp³-hybridized carbons (Fsp3) is 0.190. The number of rotatable bonds is 6. The first-order valence-corrected chi connectivity index (χ1v) is 10.5. The van der Waals surface area contributed by atoms with E-state index in [0.29, 0.717) is 4.90 Å². The average molecular weight is 482 g/mol. The summed E-state index contributed by atoms with van der Waals surface area (Å²) in [7, 11) is 1.48. The highest BCUT2D eigenvalue weighted by atomic mass is 32.2. The Bertz CT molecular complexity index is 1190. The maximum absolute atomic E-state index is 13.4. The molecule has 3 rings (SSSR count). The minimum Gasteiger partial charge on any atom is -0.593 e. The van der Waals surface area contributed by atoms with Crippen LogP contribution in [0, 0.1) is 19.8 Å². The molecular weight excluding hydrogens is 464 g/mol. The Morgan fingerprint density at radius 1 is 1.15 bits per heavy atom. The highest BCUT2D eigenvalue weighted by Crippen LogP contribution is 2.36. The van der Waals surface area contributed by atoms with Crippen LogP contribution in [0.5, 0.6) is 11.5 Å². The number of carbonyl (C=O) groups is 1. The van der Waals surface area contributed by atoms with Crippen molar-refractivity contribution in [2.75, 3.05) is 12.4 Å². The maximum atomic E-state index is 13.4. The van der Waals surface area contributed by atoms with Gasteiger partial charge < -0.3 is 14.6 Å². The summed E-state index contributed by atoms with van der Waals surface area (Å²) >= 11 is -1.54. The van der Waals surface area contributed by atoms with Crippen LogP contribution in [0.2, 0.25) is 0 Å². The summed E-state index contributed by atoms with van der Waals surface area (Å²) in [6.45, 7) is 2.54. The van der Waals surface area contributed by atoms with Crippen molar-refractivity contribution in [3.05, 3.63) is 71.1 Å². The van der Waals surface area contributed by atoms with Crippen molar-refractivity contribution in [1.29, 1.82) is 0 Å². The minimum atomic E-state index is -4.81. The molecule has 7 nitrogen and oxygen atoms in total. The zero-order valence-electron chi connectivity index (χ0n) is 17.6. The van der Waals surface area contributed by atoms with Crippen molar-refractivity contribution in [2.45, 2.75) is 24.9 Å². The number of carbonyl (C=O) groups excluding carboxylic acids is 1. The smallest absolute Gasteiger partial charge is 0.433 e. The third-order valence-electron chi connectivity index (χ3n) is 4.50. The van der Waals surface area contributed by atoms with Crippen LogP contribution in [-0.4, -0.2) is 27.5 Å². The molecule has 174 valence electrons. The summed E-state index contributed by atoms with van der Waals surface area (Å²) in [5.41, 5.74) is -1.79. The molecule has 1 amide bonds. The standard InChI is InChI=1S/C21H18F4N4O3S/c1-11-18(20(30)29-13-5-4-6-14(9-13)33(31)26-3)16(10-27-19(11)21(23,24)25)32-15-7-8-17(22)28-12(15)2/h4-10,26H,1-3H3,(H,29,30). The van der Waals surface area contributed by atoms with E-state index in [9.17, 15) is 26.9 Å². The molecule has 0 bridgehead atoms. The Labute approximate surface area is 189 Å². The highest BCUT2D eigenvalue weighted by molar-refractivity contribution is 7.89. The molecule has 3 aromatic rings. The molecule has 0 aliphatic carbocycles. The fourth-order valence-corrected chi connectivity index (χ4v) is 3.65. The van der Waals surface area contributed by atoms with E-state index < -0.39 is 46.2 Å². The number of amides is 1. The SMILES string of the molecule is CN[S+]([O-])c1cccc(NC(=O)c2c(Oc3ccc(F)nc3C)cnc(C(F)(F)F)c2C)c1. The Balaban J connectivity index is 2.04. The monoisotopic (exact) mass is 482 g/mol. The predicted molar refractivity (Wildman–Crippen MR) is 113 cm³/mol. The lowest BCUT2D eigenvalue weighted by Gasteiger charge is -2.18. The number of aryl methyl sites for hydroxylation is 1.